The van der Waals surface area contributed by atoms with Crippen LogP contribution < -0.4 is 19.7 Å². The second kappa shape index (κ2) is 64.3. The van der Waals surface area contributed by atoms with Crippen LogP contribution in [0, 0.1) is 0 Å². The first-order valence-electron chi connectivity index (χ1n) is 44.3. The number of phosphoric acid groups is 1. The minimum Gasteiger partial charge on any atom is -0.462 e. The molecule has 0 radical (unpaired) electrons. The maximum Gasteiger partial charge on any atom is 0.588 e. The Kier molecular flexibility index (Phi) is 56.5. The van der Waals surface area contributed by atoms with Gasteiger partial charge in [0.1, 0.15) is 48.1 Å². The van der Waals surface area contributed by atoms with E-state index in [1.807, 2.05) is 30.3 Å². The molecule has 1 aliphatic rings. The van der Waals surface area contributed by atoms with Gasteiger partial charge in [0.25, 0.3) is 0 Å². The number of carbonyl (C=O) groups excluding carboxylic acids is 6. The Labute approximate surface area is 675 Å². The lowest BCUT2D eigenvalue weighted by atomic mass is 9.95. The molecule has 0 unspecified atom stereocenters. The molecule has 9 atom stereocenters. The van der Waals surface area contributed by atoms with Gasteiger partial charge in [-0.05, 0) is 87.6 Å². The Bertz CT molecular complexity index is 2870. The Hall–Kier alpha value is -5.89. The van der Waals surface area contributed by atoms with Gasteiger partial charge in [0.05, 0.1) is 51.7 Å². The Balaban J connectivity index is 1.89. The number of hydrogen-bond donors (Lipinski definition) is 3. The SMILES string of the molecule is CCCCCCCCCCC[C@H](CC(=O)N[C@@H](COCc1ccccc1)CO[C@@H]1O[C@H](CO)[C@@H](OP(=O)(Oc2ccccc2)Oc2ccccc2)[C@H](OC(=O)C[C@@H](CCCCCCCCCCC)OC(=O)CCCCCC)[C@H]1NC(=O)C[C@@H](CCCCCCCCCCC)OC(=O)CCCCCC)OC(=O)CCCCCC. The maximum atomic E-state index is 15.8. The first kappa shape index (κ1) is 98.5. The molecule has 1 heterocycles. The van der Waals surface area contributed by atoms with E-state index >= 15 is 14.2 Å². The Morgan fingerprint density at radius 3 is 1.17 bits per heavy atom. The van der Waals surface area contributed by atoms with Crippen LogP contribution in [0.15, 0.2) is 91.0 Å². The van der Waals surface area contributed by atoms with E-state index in [0.29, 0.717) is 51.4 Å². The molecule has 20 nitrogen and oxygen atoms in total. The molecule has 1 aliphatic heterocycles. The molecule has 1 fully saturated rings. The van der Waals surface area contributed by atoms with Crippen molar-refractivity contribution in [2.45, 2.75) is 411 Å². The number of ether oxygens (including phenoxy) is 7. The van der Waals surface area contributed by atoms with E-state index < -0.39 is 106 Å². The van der Waals surface area contributed by atoms with Gasteiger partial charge in [0.15, 0.2) is 12.4 Å². The molecular weight excluding hydrogens is 1440 g/mol. The van der Waals surface area contributed by atoms with Crippen LogP contribution in [0.2, 0.25) is 0 Å². The van der Waals surface area contributed by atoms with Crippen LogP contribution in [0.4, 0.5) is 0 Å². The number of para-hydroxylation sites is 2. The molecule has 2 amide bonds. The largest absolute Gasteiger partial charge is 0.588 e. The number of carbonyl (C=O) groups is 6. The summed E-state index contributed by atoms with van der Waals surface area (Å²) < 4.78 is 80.1. The molecule has 3 aromatic rings. The number of aliphatic hydroxyl groups excluding tert-OH is 1. The van der Waals surface area contributed by atoms with Gasteiger partial charge in [-0.15, -0.1) is 0 Å². The molecular formula is C91H149N2O18P. The number of esters is 4. The highest BCUT2D eigenvalue weighted by molar-refractivity contribution is 7.49. The number of hydrogen-bond acceptors (Lipinski definition) is 18. The van der Waals surface area contributed by atoms with Crippen molar-refractivity contribution >= 4 is 43.5 Å². The first-order chi connectivity index (χ1) is 54.6. The number of amides is 2. The fraction of sp³-hybridized carbons (Fsp3) is 0.736. The van der Waals surface area contributed by atoms with E-state index in [9.17, 15) is 24.3 Å². The van der Waals surface area contributed by atoms with Gasteiger partial charge in [-0.25, -0.2) is 4.57 Å². The number of nitrogens with one attached hydrogen (secondary N) is 2. The van der Waals surface area contributed by atoms with Gasteiger partial charge >= 0.3 is 31.7 Å². The summed E-state index contributed by atoms with van der Waals surface area (Å²) in [6.45, 7) is 11.7. The maximum absolute atomic E-state index is 15.8. The molecule has 1 saturated heterocycles. The highest BCUT2D eigenvalue weighted by Gasteiger charge is 2.54. The number of rotatable bonds is 71. The molecule has 636 valence electrons. The van der Waals surface area contributed by atoms with E-state index in [1.165, 1.54) is 57.8 Å². The summed E-state index contributed by atoms with van der Waals surface area (Å²) in [6.07, 6.45) is 30.4. The summed E-state index contributed by atoms with van der Waals surface area (Å²) in [7, 11) is -5.01. The van der Waals surface area contributed by atoms with Gasteiger partial charge in [0.2, 0.25) is 11.8 Å². The fourth-order valence-electron chi connectivity index (χ4n) is 14.1. The third kappa shape index (κ3) is 47.2. The van der Waals surface area contributed by atoms with E-state index in [-0.39, 0.29) is 69.4 Å². The van der Waals surface area contributed by atoms with E-state index in [4.69, 9.17) is 46.7 Å². The van der Waals surface area contributed by atoms with Crippen molar-refractivity contribution in [2.24, 2.45) is 0 Å². The Morgan fingerprint density at radius 1 is 0.420 bits per heavy atom. The first-order valence-corrected chi connectivity index (χ1v) is 45.7. The topological polar surface area (TPSA) is 256 Å². The van der Waals surface area contributed by atoms with Crippen LogP contribution in [-0.2, 0) is 77.6 Å². The molecule has 0 aromatic heterocycles. The summed E-state index contributed by atoms with van der Waals surface area (Å²) in [4.78, 5) is 86.6. The minimum atomic E-state index is -5.01. The lowest BCUT2D eigenvalue weighted by molar-refractivity contribution is -0.272. The van der Waals surface area contributed by atoms with Crippen LogP contribution >= 0.6 is 7.82 Å². The summed E-state index contributed by atoms with van der Waals surface area (Å²) >= 11 is 0. The average molecular weight is 1590 g/mol. The highest BCUT2D eigenvalue weighted by Crippen LogP contribution is 2.52. The van der Waals surface area contributed by atoms with Crippen molar-refractivity contribution in [3.8, 4) is 11.5 Å². The monoisotopic (exact) mass is 1590 g/mol. The zero-order valence-electron chi connectivity index (χ0n) is 70.0. The molecule has 3 N–H and O–H groups in total. The van der Waals surface area contributed by atoms with E-state index in [1.54, 1.807) is 60.7 Å². The molecule has 3 aromatic carbocycles. The van der Waals surface area contributed by atoms with Crippen molar-refractivity contribution in [1.82, 2.24) is 10.6 Å². The molecule has 0 spiro atoms. The predicted molar refractivity (Wildman–Crippen MR) is 443 cm³/mol. The number of unbranched alkanes of at least 4 members (excludes halogenated alkanes) is 33. The molecule has 4 rings (SSSR count). The van der Waals surface area contributed by atoms with Crippen LogP contribution in [0.25, 0.3) is 0 Å². The summed E-state index contributed by atoms with van der Waals surface area (Å²) in [5.74, 6) is -3.08. The van der Waals surface area contributed by atoms with Crippen molar-refractivity contribution in [3.63, 3.8) is 0 Å². The lowest BCUT2D eigenvalue weighted by Crippen LogP contribution is -2.66. The zero-order valence-corrected chi connectivity index (χ0v) is 70.9. The van der Waals surface area contributed by atoms with E-state index in [2.05, 4.69) is 52.2 Å². The molecule has 0 bridgehead atoms. The van der Waals surface area contributed by atoms with Crippen LogP contribution in [0.1, 0.15) is 355 Å². The fourth-order valence-corrected chi connectivity index (χ4v) is 15.5. The third-order valence-corrected chi connectivity index (χ3v) is 21.9. The standard InChI is InChI=1S/C91H149N2O18P/c1-7-13-19-25-28-31-34-37-45-61-78(104-84(97)64-52-22-16-10-4)67-82(95)92-75(72-102-71-74-55-43-40-44-56-74)73-103-91-88(93-83(96)68-79(105-85(98)65-53-23-17-11-5)62-46-38-35-32-29-26-20-14-8-2)90(89(81(70-94)107-91)111-112(101,109-76-57-48-41-49-58-76)110-77-59-50-42-51-60-77)108-87(100)69-80(106-86(99)66-54-24-18-12-6)63-47-39-36-33-30-27-21-15-9-3/h40-44,48-51,55-60,75,78-81,88-91,94H,7-39,45-47,52-54,61-73H2,1-6H3,(H,92,95)(H,93,96)/t75-,78+,79+,80+,81+,88+,89+,90+,91+/m0/s1. The molecule has 0 saturated carbocycles. The summed E-state index contributed by atoms with van der Waals surface area (Å²) in [5.41, 5.74) is 0.862. The second-order valence-corrected chi connectivity index (χ2v) is 32.4. The van der Waals surface area contributed by atoms with Crippen molar-refractivity contribution in [3.05, 3.63) is 96.6 Å². The number of benzene rings is 3. The van der Waals surface area contributed by atoms with Crippen LogP contribution in [0.3, 0.4) is 0 Å². The number of aliphatic hydroxyl groups is 1. The number of phosphoric ester groups is 1. The normalized spacial score (nSPS) is 16.7. The summed E-state index contributed by atoms with van der Waals surface area (Å²) in [5, 5.41) is 17.9. The van der Waals surface area contributed by atoms with Gasteiger partial charge in [-0.2, -0.15) is 0 Å². The molecule has 21 heteroatoms. The molecule has 0 aliphatic carbocycles. The zero-order chi connectivity index (χ0) is 80.8. The lowest BCUT2D eigenvalue weighted by Gasteiger charge is -2.45. The Morgan fingerprint density at radius 2 is 0.777 bits per heavy atom. The van der Waals surface area contributed by atoms with Crippen molar-refractivity contribution < 1.29 is 85.2 Å². The third-order valence-electron chi connectivity index (χ3n) is 20.6. The van der Waals surface area contributed by atoms with Gasteiger partial charge in [0, 0.05) is 19.3 Å². The van der Waals surface area contributed by atoms with Crippen molar-refractivity contribution in [2.75, 3.05) is 19.8 Å². The highest BCUT2D eigenvalue weighted by atomic mass is 31.2. The summed E-state index contributed by atoms with van der Waals surface area (Å²) in [6, 6.07) is 23.3. The van der Waals surface area contributed by atoms with Gasteiger partial charge in [-0.3, -0.25) is 33.3 Å². The quantitative estimate of drug-likeness (QED) is 0.0205. The van der Waals surface area contributed by atoms with Crippen molar-refractivity contribution in [1.29, 1.82) is 0 Å². The smallest absolute Gasteiger partial charge is 0.462 e. The molecule has 112 heavy (non-hydrogen) atoms. The van der Waals surface area contributed by atoms with Gasteiger partial charge in [-0.1, -0.05) is 320 Å². The minimum absolute atomic E-state index is 0.0744. The predicted octanol–water partition coefficient (Wildman–Crippen LogP) is 22.0. The second-order valence-electron chi connectivity index (χ2n) is 30.9. The van der Waals surface area contributed by atoms with Crippen LogP contribution in [0.5, 0.6) is 11.5 Å². The van der Waals surface area contributed by atoms with Crippen LogP contribution in [-0.4, -0.2) is 116 Å². The van der Waals surface area contributed by atoms with E-state index in [0.717, 1.165) is 166 Å². The van der Waals surface area contributed by atoms with Gasteiger partial charge < -0.3 is 57.9 Å². The average Bonchev–Trinajstić information content (AvgIpc) is 0.772.